The van der Waals surface area contributed by atoms with E-state index in [1.165, 1.54) is 0 Å². The molecule has 0 bridgehead atoms. The van der Waals surface area contributed by atoms with Crippen LogP contribution in [0, 0.1) is 9.67 Å². The van der Waals surface area contributed by atoms with Gasteiger partial charge < -0.3 is 8.83 Å². The Balaban J connectivity index is 1.95. The zero-order chi connectivity index (χ0) is 14.4. The number of nitrogens with zero attached hydrogens (tertiary/aromatic N) is 2. The van der Waals surface area contributed by atoms with Gasteiger partial charge in [-0.1, -0.05) is 24.3 Å². The molecule has 104 valence electrons. The maximum atomic E-state index is 5.60. The van der Waals surface area contributed by atoms with Crippen molar-refractivity contribution in [2.45, 2.75) is 6.67 Å². The van der Waals surface area contributed by atoms with Crippen molar-refractivity contribution >= 4 is 46.6 Å². The second-order valence-corrected chi connectivity index (χ2v) is 5.37. The van der Waals surface area contributed by atoms with E-state index in [0.717, 1.165) is 22.2 Å². The molecule has 0 fully saturated rings. The summed E-state index contributed by atoms with van der Waals surface area (Å²) in [6.45, 7) is 0.464. The molecule has 0 saturated heterocycles. The summed E-state index contributed by atoms with van der Waals surface area (Å²) >= 11 is 10.6. The van der Waals surface area contributed by atoms with Gasteiger partial charge >= 0.3 is 0 Å². The quantitative estimate of drug-likeness (QED) is 0.500. The lowest BCUT2D eigenvalue weighted by molar-refractivity contribution is 0.487. The van der Waals surface area contributed by atoms with Gasteiger partial charge in [-0.05, 0) is 48.7 Å². The predicted molar refractivity (Wildman–Crippen MR) is 85.5 cm³/mol. The van der Waals surface area contributed by atoms with Crippen LogP contribution >= 0.6 is 24.4 Å². The van der Waals surface area contributed by atoms with Crippen LogP contribution in [-0.2, 0) is 6.67 Å². The summed E-state index contributed by atoms with van der Waals surface area (Å²) in [6, 6.07) is 15.5. The first-order chi connectivity index (χ1) is 10.2. The molecule has 4 aromatic rings. The molecule has 2 heterocycles. The molecule has 0 radical (unpaired) electrons. The van der Waals surface area contributed by atoms with Crippen LogP contribution in [-0.4, -0.2) is 9.13 Å². The van der Waals surface area contributed by atoms with Gasteiger partial charge in [-0.2, -0.15) is 0 Å². The molecule has 0 atom stereocenters. The number of aromatic nitrogens is 2. The average molecular weight is 314 g/mol. The van der Waals surface area contributed by atoms with Crippen molar-refractivity contribution < 1.29 is 8.83 Å². The van der Waals surface area contributed by atoms with Crippen molar-refractivity contribution in [3.05, 3.63) is 58.2 Å². The van der Waals surface area contributed by atoms with Crippen LogP contribution in [0.25, 0.3) is 22.2 Å². The molecular weight excluding hydrogens is 304 g/mol. The Morgan fingerprint density at radius 2 is 1.14 bits per heavy atom. The number of rotatable bonds is 2. The Hall–Kier alpha value is -2.18. The topological polar surface area (TPSA) is 36.1 Å². The van der Waals surface area contributed by atoms with E-state index in [1.54, 1.807) is 0 Å². The molecule has 0 spiro atoms. The minimum atomic E-state index is 0.420. The molecule has 0 saturated carbocycles. The van der Waals surface area contributed by atoms with Gasteiger partial charge in [0.1, 0.15) is 6.67 Å². The number of fused-ring (bicyclic) bond motifs is 2. The van der Waals surface area contributed by atoms with Gasteiger partial charge in [0.05, 0.1) is 11.0 Å². The molecule has 6 heteroatoms. The molecule has 4 rings (SSSR count). The molecular formula is C15H10N2O2S2. The summed E-state index contributed by atoms with van der Waals surface area (Å²) in [5, 5.41) is 0. The van der Waals surface area contributed by atoms with Crippen LogP contribution in [0.15, 0.2) is 57.4 Å². The van der Waals surface area contributed by atoms with Crippen LogP contribution < -0.4 is 0 Å². The predicted octanol–water partition coefficient (Wildman–Crippen LogP) is 4.75. The molecule has 21 heavy (non-hydrogen) atoms. The zero-order valence-electron chi connectivity index (χ0n) is 10.9. The highest BCUT2D eigenvalue weighted by Crippen LogP contribution is 2.21. The lowest BCUT2D eigenvalue weighted by atomic mass is 10.3. The fourth-order valence-corrected chi connectivity index (χ4v) is 2.93. The van der Waals surface area contributed by atoms with Crippen LogP contribution in [0.3, 0.4) is 0 Å². The third kappa shape index (κ3) is 1.95. The van der Waals surface area contributed by atoms with Gasteiger partial charge in [0, 0.05) is 0 Å². The van der Waals surface area contributed by atoms with Crippen molar-refractivity contribution in [2.75, 3.05) is 0 Å². The second-order valence-electron chi connectivity index (χ2n) is 4.67. The van der Waals surface area contributed by atoms with Gasteiger partial charge in [-0.25, -0.2) is 0 Å². The highest BCUT2D eigenvalue weighted by molar-refractivity contribution is 7.71. The third-order valence-electron chi connectivity index (χ3n) is 3.43. The summed E-state index contributed by atoms with van der Waals surface area (Å²) in [5.41, 5.74) is 3.41. The minimum absolute atomic E-state index is 0.420. The highest BCUT2D eigenvalue weighted by Gasteiger charge is 2.10. The normalized spacial score (nSPS) is 11.4. The zero-order valence-corrected chi connectivity index (χ0v) is 12.5. The maximum absolute atomic E-state index is 5.60. The fraction of sp³-hybridized carbons (Fsp3) is 0.0667. The highest BCUT2D eigenvalue weighted by atomic mass is 32.1. The smallest absolute Gasteiger partial charge is 0.271 e. The van der Waals surface area contributed by atoms with Gasteiger partial charge in [0.25, 0.3) is 9.67 Å². The largest absolute Gasteiger partial charge is 0.429 e. The Morgan fingerprint density at radius 3 is 1.62 bits per heavy atom. The van der Waals surface area contributed by atoms with Crippen molar-refractivity contribution in [3.8, 4) is 0 Å². The van der Waals surface area contributed by atoms with E-state index in [-0.39, 0.29) is 0 Å². The molecule has 0 aliphatic carbocycles. The molecule has 0 aliphatic rings. The molecule has 2 aromatic carbocycles. The van der Waals surface area contributed by atoms with Crippen molar-refractivity contribution in [1.82, 2.24) is 9.13 Å². The Morgan fingerprint density at radius 1 is 0.714 bits per heavy atom. The lowest BCUT2D eigenvalue weighted by Crippen LogP contribution is -2.07. The summed E-state index contributed by atoms with van der Waals surface area (Å²) < 4.78 is 15.0. The number of hydrogen-bond acceptors (Lipinski definition) is 4. The lowest BCUT2D eigenvalue weighted by Gasteiger charge is -2.05. The van der Waals surface area contributed by atoms with E-state index in [9.17, 15) is 0 Å². The molecule has 2 aromatic heterocycles. The van der Waals surface area contributed by atoms with E-state index in [1.807, 2.05) is 57.7 Å². The van der Waals surface area contributed by atoms with E-state index in [2.05, 4.69) is 0 Å². The number of oxazole rings is 2. The molecule has 0 amide bonds. The maximum Gasteiger partial charge on any atom is 0.271 e. The van der Waals surface area contributed by atoms with Crippen LogP contribution in [0.1, 0.15) is 0 Å². The number of benzene rings is 2. The number of para-hydroxylation sites is 4. The summed E-state index contributed by atoms with van der Waals surface area (Å²) in [7, 11) is 0. The summed E-state index contributed by atoms with van der Waals surface area (Å²) in [6.07, 6.45) is 0. The third-order valence-corrected chi connectivity index (χ3v) is 4.04. The van der Waals surface area contributed by atoms with Gasteiger partial charge in [-0.3, -0.25) is 9.13 Å². The van der Waals surface area contributed by atoms with Crippen molar-refractivity contribution in [3.63, 3.8) is 0 Å². The van der Waals surface area contributed by atoms with E-state index >= 15 is 0 Å². The monoisotopic (exact) mass is 314 g/mol. The first-order valence-electron chi connectivity index (χ1n) is 6.41. The van der Waals surface area contributed by atoms with Gasteiger partial charge in [0.2, 0.25) is 0 Å². The fourth-order valence-electron chi connectivity index (χ4n) is 2.44. The first kappa shape index (κ1) is 12.6. The Labute approximate surface area is 129 Å². The molecule has 4 nitrogen and oxygen atoms in total. The molecule has 0 unspecified atom stereocenters. The Bertz CT molecular complexity index is 982. The molecule has 0 N–H and O–H groups in total. The van der Waals surface area contributed by atoms with E-state index in [4.69, 9.17) is 33.3 Å². The SMILES string of the molecule is S=c1oc2ccccc2n1Cn1c(=S)oc2ccccc21. The minimum Gasteiger partial charge on any atom is -0.429 e. The van der Waals surface area contributed by atoms with Crippen LogP contribution in [0.5, 0.6) is 0 Å². The standard InChI is InChI=1S/C15H10N2O2S2/c20-14-16(10-5-1-3-7-12(10)18-14)9-17-11-6-2-4-8-13(11)19-15(17)21/h1-8H,9H2. The average Bonchev–Trinajstić information content (AvgIpc) is 2.97. The summed E-state index contributed by atoms with van der Waals surface area (Å²) in [4.78, 5) is 0.840. The first-order valence-corrected chi connectivity index (χ1v) is 7.22. The summed E-state index contributed by atoms with van der Waals surface area (Å²) in [5.74, 6) is 0. The second kappa shape index (κ2) is 4.68. The van der Waals surface area contributed by atoms with Crippen LogP contribution in [0.2, 0.25) is 0 Å². The molecule has 0 aliphatic heterocycles. The van der Waals surface area contributed by atoms with E-state index in [0.29, 0.717) is 16.3 Å². The van der Waals surface area contributed by atoms with Crippen molar-refractivity contribution in [2.24, 2.45) is 0 Å². The van der Waals surface area contributed by atoms with E-state index < -0.39 is 0 Å². The van der Waals surface area contributed by atoms with Crippen molar-refractivity contribution in [1.29, 1.82) is 0 Å². The van der Waals surface area contributed by atoms with Gasteiger partial charge in [0.15, 0.2) is 11.2 Å². The number of hydrogen-bond donors (Lipinski definition) is 0. The van der Waals surface area contributed by atoms with Crippen LogP contribution in [0.4, 0.5) is 0 Å². The Kier molecular flexibility index (Phi) is 2.80. The van der Waals surface area contributed by atoms with Gasteiger partial charge in [-0.15, -0.1) is 0 Å².